The number of hydrogen-bond acceptors (Lipinski definition) is 3. The highest BCUT2D eigenvalue weighted by molar-refractivity contribution is 5.97. The largest absolute Gasteiger partial charge is 0.467 e. The minimum absolute atomic E-state index is 0.173. The Kier molecular flexibility index (Phi) is 5.57. The molecule has 0 saturated carbocycles. The number of halogens is 3. The zero-order chi connectivity index (χ0) is 17.7. The van der Waals surface area contributed by atoms with E-state index in [1.807, 2.05) is 0 Å². The zero-order valence-corrected chi connectivity index (χ0v) is 12.7. The van der Waals surface area contributed by atoms with Crippen LogP contribution in [0.5, 0.6) is 0 Å². The van der Waals surface area contributed by atoms with Crippen molar-refractivity contribution in [2.45, 2.75) is 12.5 Å². The van der Waals surface area contributed by atoms with Gasteiger partial charge in [0.2, 0.25) is 0 Å². The molecular formula is C17H14F3NO3. The first-order valence-corrected chi connectivity index (χ1v) is 6.99. The highest BCUT2D eigenvalue weighted by Gasteiger charge is 2.25. The van der Waals surface area contributed by atoms with Crippen LogP contribution in [-0.4, -0.2) is 25.0 Å². The van der Waals surface area contributed by atoms with Gasteiger partial charge in [0, 0.05) is 12.5 Å². The second-order valence-electron chi connectivity index (χ2n) is 4.97. The average molecular weight is 337 g/mol. The number of esters is 1. The van der Waals surface area contributed by atoms with Gasteiger partial charge in [0.15, 0.2) is 0 Å². The number of ether oxygens (including phenoxy) is 1. The van der Waals surface area contributed by atoms with E-state index < -0.39 is 40.9 Å². The third-order valence-electron chi connectivity index (χ3n) is 3.35. The zero-order valence-electron chi connectivity index (χ0n) is 12.7. The second-order valence-corrected chi connectivity index (χ2v) is 4.97. The Morgan fingerprint density at radius 2 is 1.79 bits per heavy atom. The minimum atomic E-state index is -1.22. The Bertz CT molecular complexity index is 764. The molecule has 7 heteroatoms. The molecule has 0 heterocycles. The molecule has 126 valence electrons. The molecule has 1 atom stereocenters. The van der Waals surface area contributed by atoms with Crippen LogP contribution in [0.3, 0.4) is 0 Å². The van der Waals surface area contributed by atoms with E-state index in [1.54, 1.807) is 6.07 Å². The maximum absolute atomic E-state index is 13.7. The number of methoxy groups -OCH3 is 1. The Morgan fingerprint density at radius 3 is 2.42 bits per heavy atom. The van der Waals surface area contributed by atoms with Crippen LogP contribution >= 0.6 is 0 Å². The number of carbonyl (C=O) groups is 2. The first kappa shape index (κ1) is 17.5. The Labute approximate surface area is 136 Å². The maximum atomic E-state index is 13.7. The molecule has 2 rings (SSSR count). The molecule has 0 bridgehead atoms. The molecule has 1 N–H and O–H groups in total. The summed E-state index contributed by atoms with van der Waals surface area (Å²) in [5, 5.41) is 2.28. The lowest BCUT2D eigenvalue weighted by molar-refractivity contribution is -0.142. The number of hydrogen-bond donors (Lipinski definition) is 1. The number of nitrogens with one attached hydrogen (secondary N) is 1. The van der Waals surface area contributed by atoms with E-state index in [-0.39, 0.29) is 12.0 Å². The van der Waals surface area contributed by atoms with E-state index in [0.717, 1.165) is 19.2 Å². The van der Waals surface area contributed by atoms with Gasteiger partial charge in [-0.15, -0.1) is 0 Å². The molecule has 0 aromatic heterocycles. The van der Waals surface area contributed by atoms with Crippen LogP contribution in [0.1, 0.15) is 15.9 Å². The highest BCUT2D eigenvalue weighted by Crippen LogP contribution is 2.13. The van der Waals surface area contributed by atoms with Crippen molar-refractivity contribution in [2.24, 2.45) is 0 Å². The van der Waals surface area contributed by atoms with E-state index in [1.165, 1.54) is 18.2 Å². The Balaban J connectivity index is 2.21. The van der Waals surface area contributed by atoms with Crippen molar-refractivity contribution in [3.8, 4) is 0 Å². The van der Waals surface area contributed by atoms with Crippen LogP contribution in [0.2, 0.25) is 0 Å². The summed E-state index contributed by atoms with van der Waals surface area (Å²) in [4.78, 5) is 23.9. The quantitative estimate of drug-likeness (QED) is 0.854. The predicted molar refractivity (Wildman–Crippen MR) is 79.7 cm³/mol. The SMILES string of the molecule is COC(=O)[C@@H](Cc1ccccc1F)NC(=O)c1ccc(F)cc1F. The lowest BCUT2D eigenvalue weighted by Gasteiger charge is -2.17. The van der Waals surface area contributed by atoms with Gasteiger partial charge in [-0.25, -0.2) is 18.0 Å². The first-order valence-electron chi connectivity index (χ1n) is 6.99. The Morgan fingerprint density at radius 1 is 1.08 bits per heavy atom. The molecule has 24 heavy (non-hydrogen) atoms. The van der Waals surface area contributed by atoms with Gasteiger partial charge in [0.25, 0.3) is 5.91 Å². The molecule has 0 aliphatic rings. The molecule has 2 aromatic rings. The van der Waals surface area contributed by atoms with Gasteiger partial charge >= 0.3 is 5.97 Å². The normalized spacial score (nSPS) is 11.7. The molecule has 0 saturated heterocycles. The lowest BCUT2D eigenvalue weighted by Crippen LogP contribution is -2.43. The number of benzene rings is 2. The molecule has 0 aliphatic carbocycles. The summed E-state index contributed by atoms with van der Waals surface area (Å²) >= 11 is 0. The summed E-state index contributed by atoms with van der Waals surface area (Å²) in [5.41, 5.74) is -0.244. The fourth-order valence-corrected chi connectivity index (χ4v) is 2.13. The van der Waals surface area contributed by atoms with Crippen molar-refractivity contribution in [3.05, 3.63) is 71.0 Å². The molecular weight excluding hydrogens is 323 g/mol. The topological polar surface area (TPSA) is 55.4 Å². The van der Waals surface area contributed by atoms with Gasteiger partial charge < -0.3 is 10.1 Å². The van der Waals surface area contributed by atoms with Crippen molar-refractivity contribution < 1.29 is 27.5 Å². The molecule has 0 fully saturated rings. The van der Waals surface area contributed by atoms with Gasteiger partial charge in [-0.05, 0) is 23.8 Å². The van der Waals surface area contributed by atoms with Crippen LogP contribution in [0, 0.1) is 17.5 Å². The molecule has 2 aromatic carbocycles. The third kappa shape index (κ3) is 4.13. The number of amides is 1. The summed E-state index contributed by atoms with van der Waals surface area (Å²) in [6.07, 6.45) is -0.173. The van der Waals surface area contributed by atoms with Crippen LogP contribution in [-0.2, 0) is 16.0 Å². The van der Waals surface area contributed by atoms with E-state index in [4.69, 9.17) is 0 Å². The average Bonchev–Trinajstić information content (AvgIpc) is 2.55. The summed E-state index contributed by atoms with van der Waals surface area (Å²) in [6.45, 7) is 0. The van der Waals surface area contributed by atoms with E-state index in [2.05, 4.69) is 10.1 Å². The molecule has 1 amide bonds. The van der Waals surface area contributed by atoms with Gasteiger partial charge in [0.05, 0.1) is 12.7 Å². The monoisotopic (exact) mass is 337 g/mol. The first-order chi connectivity index (χ1) is 11.4. The van der Waals surface area contributed by atoms with Crippen LogP contribution in [0.15, 0.2) is 42.5 Å². The molecule has 0 radical (unpaired) electrons. The van der Waals surface area contributed by atoms with Gasteiger partial charge in [0.1, 0.15) is 23.5 Å². The van der Waals surface area contributed by atoms with Crippen molar-refractivity contribution >= 4 is 11.9 Å². The van der Waals surface area contributed by atoms with Crippen molar-refractivity contribution in [2.75, 3.05) is 7.11 Å². The molecule has 0 spiro atoms. The van der Waals surface area contributed by atoms with Gasteiger partial charge in [-0.2, -0.15) is 0 Å². The summed E-state index contributed by atoms with van der Waals surface area (Å²) in [6, 6.07) is 6.94. The number of rotatable bonds is 5. The number of carbonyl (C=O) groups excluding carboxylic acids is 2. The van der Waals surface area contributed by atoms with Crippen LogP contribution in [0.4, 0.5) is 13.2 Å². The van der Waals surface area contributed by atoms with Crippen LogP contribution in [0.25, 0.3) is 0 Å². The lowest BCUT2D eigenvalue weighted by atomic mass is 10.0. The summed E-state index contributed by atoms with van der Waals surface area (Å²) < 4.78 is 44.8. The van der Waals surface area contributed by atoms with E-state index in [0.29, 0.717) is 6.07 Å². The van der Waals surface area contributed by atoms with E-state index in [9.17, 15) is 22.8 Å². The predicted octanol–water partition coefficient (Wildman–Crippen LogP) is 2.62. The highest BCUT2D eigenvalue weighted by atomic mass is 19.1. The molecule has 4 nitrogen and oxygen atoms in total. The fraction of sp³-hybridized carbons (Fsp3) is 0.176. The second kappa shape index (κ2) is 7.63. The molecule has 0 unspecified atom stereocenters. The smallest absolute Gasteiger partial charge is 0.328 e. The van der Waals surface area contributed by atoms with Crippen molar-refractivity contribution in [1.82, 2.24) is 5.32 Å². The fourth-order valence-electron chi connectivity index (χ4n) is 2.13. The Hall–Kier alpha value is -2.83. The minimum Gasteiger partial charge on any atom is -0.467 e. The van der Waals surface area contributed by atoms with Gasteiger partial charge in [-0.1, -0.05) is 18.2 Å². The van der Waals surface area contributed by atoms with Crippen molar-refractivity contribution in [1.29, 1.82) is 0 Å². The van der Waals surface area contributed by atoms with E-state index >= 15 is 0 Å². The summed E-state index contributed by atoms with van der Waals surface area (Å²) in [7, 11) is 1.11. The maximum Gasteiger partial charge on any atom is 0.328 e. The third-order valence-corrected chi connectivity index (χ3v) is 3.35. The van der Waals surface area contributed by atoms with Crippen molar-refractivity contribution in [3.63, 3.8) is 0 Å². The standard InChI is InChI=1S/C17H14F3NO3/c1-24-17(23)15(8-10-4-2-3-5-13(10)19)21-16(22)12-7-6-11(18)9-14(12)20/h2-7,9,15H,8H2,1H3,(H,21,22)/t15-/m1/s1. The summed E-state index contributed by atoms with van der Waals surface area (Å²) in [5.74, 6) is -4.19. The van der Waals surface area contributed by atoms with Gasteiger partial charge in [-0.3, -0.25) is 4.79 Å². The molecule has 0 aliphatic heterocycles. The van der Waals surface area contributed by atoms with Crippen LogP contribution < -0.4 is 5.32 Å².